The smallest absolute Gasteiger partial charge is 0.123 e. The monoisotopic (exact) mass is 207 g/mol. The fourth-order valence-electron chi connectivity index (χ4n) is 1.99. The minimum Gasteiger partial charge on any atom is -0.324 e. The quantitative estimate of drug-likeness (QED) is 0.805. The van der Waals surface area contributed by atoms with E-state index in [4.69, 9.17) is 5.73 Å². The van der Waals surface area contributed by atoms with Gasteiger partial charge in [-0.2, -0.15) is 0 Å². The first-order valence-electron chi connectivity index (χ1n) is 5.68. The number of benzene rings is 1. The van der Waals surface area contributed by atoms with Crippen molar-refractivity contribution in [2.24, 2.45) is 11.7 Å². The molecule has 0 saturated heterocycles. The molecule has 1 aromatic carbocycles. The lowest BCUT2D eigenvalue weighted by Crippen LogP contribution is -2.12. The fourth-order valence-corrected chi connectivity index (χ4v) is 1.99. The van der Waals surface area contributed by atoms with Gasteiger partial charge in [0.25, 0.3) is 0 Å². The number of nitrogens with two attached hydrogens (primary N) is 1. The van der Waals surface area contributed by atoms with Crippen LogP contribution in [0.3, 0.4) is 0 Å². The minimum absolute atomic E-state index is 0.00120. The first kappa shape index (κ1) is 10.6. The summed E-state index contributed by atoms with van der Waals surface area (Å²) in [7, 11) is 0. The minimum atomic E-state index is -0.183. The number of halogens is 1. The van der Waals surface area contributed by atoms with E-state index in [1.807, 2.05) is 13.0 Å². The van der Waals surface area contributed by atoms with Crippen molar-refractivity contribution in [1.29, 1.82) is 0 Å². The highest BCUT2D eigenvalue weighted by Gasteiger charge is 2.22. The molecule has 1 nitrogen and oxygen atoms in total. The largest absolute Gasteiger partial charge is 0.324 e. The van der Waals surface area contributed by atoms with Crippen molar-refractivity contribution in [3.63, 3.8) is 0 Å². The van der Waals surface area contributed by atoms with E-state index in [-0.39, 0.29) is 11.9 Å². The molecule has 0 radical (unpaired) electrons. The molecule has 82 valence electrons. The maximum atomic E-state index is 13.1. The Labute approximate surface area is 90.5 Å². The Kier molecular flexibility index (Phi) is 3.06. The Morgan fingerprint density at radius 2 is 2.20 bits per heavy atom. The highest BCUT2D eigenvalue weighted by molar-refractivity contribution is 5.29. The van der Waals surface area contributed by atoms with Gasteiger partial charge in [0.15, 0.2) is 0 Å². The molecule has 2 N–H and O–H groups in total. The third-order valence-corrected chi connectivity index (χ3v) is 3.22. The predicted molar refractivity (Wildman–Crippen MR) is 60.0 cm³/mol. The molecule has 1 unspecified atom stereocenters. The van der Waals surface area contributed by atoms with E-state index in [1.54, 1.807) is 6.07 Å². The molecule has 1 atom stereocenters. The van der Waals surface area contributed by atoms with Gasteiger partial charge in [-0.15, -0.1) is 0 Å². The van der Waals surface area contributed by atoms with Crippen LogP contribution < -0.4 is 5.73 Å². The number of rotatable bonds is 4. The van der Waals surface area contributed by atoms with Crippen molar-refractivity contribution in [2.75, 3.05) is 0 Å². The molecule has 1 aromatic rings. The second kappa shape index (κ2) is 4.31. The molecule has 0 aromatic heterocycles. The van der Waals surface area contributed by atoms with Crippen molar-refractivity contribution in [2.45, 2.75) is 38.6 Å². The van der Waals surface area contributed by atoms with Crippen LogP contribution in [0.1, 0.15) is 42.9 Å². The Morgan fingerprint density at radius 1 is 1.47 bits per heavy atom. The van der Waals surface area contributed by atoms with Crippen LogP contribution in [0.4, 0.5) is 4.39 Å². The average Bonchev–Trinajstić information content (AvgIpc) is 3.02. The maximum absolute atomic E-state index is 13.1. The highest BCUT2D eigenvalue weighted by Crippen LogP contribution is 2.35. The molecule has 0 amide bonds. The van der Waals surface area contributed by atoms with Crippen molar-refractivity contribution in [3.8, 4) is 0 Å². The molecule has 2 heteroatoms. The highest BCUT2D eigenvalue weighted by atomic mass is 19.1. The van der Waals surface area contributed by atoms with E-state index in [2.05, 4.69) is 0 Å². The predicted octanol–water partition coefficient (Wildman–Crippen LogP) is 3.32. The van der Waals surface area contributed by atoms with Crippen LogP contribution in [0.2, 0.25) is 0 Å². The Hall–Kier alpha value is -0.890. The summed E-state index contributed by atoms with van der Waals surface area (Å²) in [4.78, 5) is 0. The van der Waals surface area contributed by atoms with Gasteiger partial charge in [0, 0.05) is 6.04 Å². The average molecular weight is 207 g/mol. The first-order valence-corrected chi connectivity index (χ1v) is 5.68. The lowest BCUT2D eigenvalue weighted by molar-refractivity contribution is 0.565. The van der Waals surface area contributed by atoms with Crippen LogP contribution in [-0.4, -0.2) is 0 Å². The lowest BCUT2D eigenvalue weighted by Gasteiger charge is -2.14. The van der Waals surface area contributed by atoms with Crippen molar-refractivity contribution < 1.29 is 4.39 Å². The number of hydrogen-bond donors (Lipinski definition) is 1. The normalized spacial score (nSPS) is 17.8. The number of aryl methyl sites for hydroxylation is 1. The summed E-state index contributed by atoms with van der Waals surface area (Å²) in [5, 5.41) is 0. The maximum Gasteiger partial charge on any atom is 0.123 e. The van der Waals surface area contributed by atoms with Crippen LogP contribution in [0.5, 0.6) is 0 Å². The zero-order chi connectivity index (χ0) is 10.8. The Morgan fingerprint density at radius 3 is 2.87 bits per heavy atom. The molecule has 0 bridgehead atoms. The van der Waals surface area contributed by atoms with Gasteiger partial charge in [0.05, 0.1) is 0 Å². The van der Waals surface area contributed by atoms with Gasteiger partial charge >= 0.3 is 0 Å². The van der Waals surface area contributed by atoms with E-state index >= 15 is 0 Å². The van der Waals surface area contributed by atoms with Crippen molar-refractivity contribution >= 4 is 0 Å². The van der Waals surface area contributed by atoms with Crippen molar-refractivity contribution in [1.82, 2.24) is 0 Å². The van der Waals surface area contributed by atoms with Crippen LogP contribution in [0.25, 0.3) is 0 Å². The van der Waals surface area contributed by atoms with Gasteiger partial charge in [-0.05, 0) is 48.9 Å². The van der Waals surface area contributed by atoms with Crippen LogP contribution in [0.15, 0.2) is 18.2 Å². The standard InChI is InChI=1S/C13H18FN/c1-9-2-6-11(14)8-12(9)13(15)7-5-10-3-4-10/h2,6,8,10,13H,3-5,7,15H2,1H3. The third kappa shape index (κ3) is 2.78. The topological polar surface area (TPSA) is 26.0 Å². The molecule has 1 aliphatic rings. The second-order valence-electron chi connectivity index (χ2n) is 4.63. The molecular weight excluding hydrogens is 189 g/mol. The summed E-state index contributed by atoms with van der Waals surface area (Å²) >= 11 is 0. The molecule has 1 fully saturated rings. The summed E-state index contributed by atoms with van der Waals surface area (Å²) < 4.78 is 13.1. The molecule has 15 heavy (non-hydrogen) atoms. The van der Waals surface area contributed by atoms with Crippen LogP contribution >= 0.6 is 0 Å². The van der Waals surface area contributed by atoms with Gasteiger partial charge in [0.1, 0.15) is 5.82 Å². The SMILES string of the molecule is Cc1ccc(F)cc1C(N)CCC1CC1. The van der Waals surface area contributed by atoms with Crippen molar-refractivity contribution in [3.05, 3.63) is 35.1 Å². The van der Waals surface area contributed by atoms with Gasteiger partial charge < -0.3 is 5.73 Å². The zero-order valence-corrected chi connectivity index (χ0v) is 9.17. The molecular formula is C13H18FN. The molecule has 0 spiro atoms. The number of hydrogen-bond acceptors (Lipinski definition) is 1. The fraction of sp³-hybridized carbons (Fsp3) is 0.538. The summed E-state index contributed by atoms with van der Waals surface area (Å²) in [5.74, 6) is 0.711. The Bertz CT molecular complexity index is 344. The molecule has 0 aliphatic heterocycles. The molecule has 1 aliphatic carbocycles. The zero-order valence-electron chi connectivity index (χ0n) is 9.17. The Balaban J connectivity index is 2.02. The van der Waals surface area contributed by atoms with Gasteiger partial charge in [-0.3, -0.25) is 0 Å². The summed E-state index contributed by atoms with van der Waals surface area (Å²) in [6.45, 7) is 1.99. The summed E-state index contributed by atoms with van der Waals surface area (Å²) in [6.07, 6.45) is 4.88. The first-order chi connectivity index (χ1) is 7.16. The lowest BCUT2D eigenvalue weighted by atomic mass is 9.97. The summed E-state index contributed by atoms with van der Waals surface area (Å²) in [5.41, 5.74) is 8.14. The second-order valence-corrected chi connectivity index (χ2v) is 4.63. The van der Waals surface area contributed by atoms with E-state index in [0.29, 0.717) is 0 Å². The van der Waals surface area contributed by atoms with Gasteiger partial charge in [-0.25, -0.2) is 4.39 Å². The van der Waals surface area contributed by atoms with Gasteiger partial charge in [0.2, 0.25) is 0 Å². The van der Waals surface area contributed by atoms with E-state index in [9.17, 15) is 4.39 Å². The van der Waals surface area contributed by atoms with E-state index in [1.165, 1.54) is 25.3 Å². The van der Waals surface area contributed by atoms with Crippen LogP contribution in [-0.2, 0) is 0 Å². The summed E-state index contributed by atoms with van der Waals surface area (Å²) in [6, 6.07) is 4.88. The molecule has 0 heterocycles. The van der Waals surface area contributed by atoms with E-state index in [0.717, 1.165) is 23.5 Å². The molecule has 1 saturated carbocycles. The molecule has 2 rings (SSSR count). The van der Waals surface area contributed by atoms with E-state index < -0.39 is 0 Å². The van der Waals surface area contributed by atoms with Gasteiger partial charge in [-0.1, -0.05) is 18.9 Å². The van der Waals surface area contributed by atoms with Crippen LogP contribution in [0, 0.1) is 18.7 Å². The third-order valence-electron chi connectivity index (χ3n) is 3.22.